The molecule has 21 heavy (non-hydrogen) atoms. The molecule has 0 bridgehead atoms. The molecule has 2 aromatic carbocycles. The molecule has 0 radical (unpaired) electrons. The summed E-state index contributed by atoms with van der Waals surface area (Å²) in [7, 11) is 0. The lowest BCUT2D eigenvalue weighted by Gasteiger charge is -2.22. The van der Waals surface area contributed by atoms with Crippen molar-refractivity contribution in [3.05, 3.63) is 58.1 Å². The van der Waals surface area contributed by atoms with Crippen molar-refractivity contribution in [1.29, 1.82) is 0 Å². The maximum atomic E-state index is 12.9. The predicted octanol–water partition coefficient (Wildman–Crippen LogP) is 4.22. The van der Waals surface area contributed by atoms with E-state index in [0.717, 1.165) is 40.9 Å². The van der Waals surface area contributed by atoms with Gasteiger partial charge in [0.25, 0.3) is 5.91 Å². The lowest BCUT2D eigenvalue weighted by molar-refractivity contribution is 0.0987. The van der Waals surface area contributed by atoms with E-state index in [4.69, 9.17) is 0 Å². The van der Waals surface area contributed by atoms with Gasteiger partial charge in [0.15, 0.2) is 0 Å². The highest BCUT2D eigenvalue weighted by atomic mass is 79.9. The van der Waals surface area contributed by atoms with Crippen LogP contribution < -0.4 is 10.2 Å². The number of benzene rings is 2. The van der Waals surface area contributed by atoms with Gasteiger partial charge in [-0.25, -0.2) is 0 Å². The molecule has 0 spiro atoms. The predicted molar refractivity (Wildman–Crippen MR) is 90.1 cm³/mol. The highest BCUT2D eigenvalue weighted by Gasteiger charge is 2.22. The Morgan fingerprint density at radius 1 is 1.24 bits per heavy atom. The quantitative estimate of drug-likeness (QED) is 0.839. The highest BCUT2D eigenvalue weighted by molar-refractivity contribution is 9.10. The fourth-order valence-corrected chi connectivity index (χ4v) is 2.91. The molecular weight excluding hydrogens is 328 g/mol. The number of aryl methyl sites for hydroxylation is 1. The summed E-state index contributed by atoms with van der Waals surface area (Å²) in [6.45, 7) is 3.64. The zero-order valence-electron chi connectivity index (χ0n) is 11.9. The van der Waals surface area contributed by atoms with Gasteiger partial charge in [-0.3, -0.25) is 4.79 Å². The van der Waals surface area contributed by atoms with Gasteiger partial charge in [-0.2, -0.15) is 0 Å². The number of anilines is 2. The van der Waals surface area contributed by atoms with Crippen molar-refractivity contribution in [2.45, 2.75) is 13.3 Å². The topological polar surface area (TPSA) is 32.3 Å². The lowest BCUT2D eigenvalue weighted by Crippen LogP contribution is -2.31. The molecule has 108 valence electrons. The number of rotatable bonds is 1. The molecule has 2 aromatic rings. The molecular formula is C17H17BrN2O. The number of carbonyl (C=O) groups excluding carboxylic acids is 1. The number of nitrogens with one attached hydrogen (secondary N) is 1. The van der Waals surface area contributed by atoms with E-state index >= 15 is 0 Å². The van der Waals surface area contributed by atoms with Crippen LogP contribution in [0.1, 0.15) is 22.3 Å². The number of para-hydroxylation sites is 2. The van der Waals surface area contributed by atoms with Crippen LogP contribution in [0, 0.1) is 6.92 Å². The minimum atomic E-state index is 0.0480. The number of amides is 1. The zero-order valence-corrected chi connectivity index (χ0v) is 13.5. The van der Waals surface area contributed by atoms with Crippen molar-refractivity contribution in [3.8, 4) is 0 Å². The van der Waals surface area contributed by atoms with E-state index in [9.17, 15) is 4.79 Å². The average molecular weight is 345 g/mol. The number of nitrogens with zero attached hydrogens (tertiary/aromatic N) is 1. The maximum Gasteiger partial charge on any atom is 0.258 e. The van der Waals surface area contributed by atoms with Gasteiger partial charge in [0.05, 0.1) is 11.4 Å². The minimum Gasteiger partial charge on any atom is -0.383 e. The van der Waals surface area contributed by atoms with Crippen molar-refractivity contribution in [1.82, 2.24) is 0 Å². The summed E-state index contributed by atoms with van der Waals surface area (Å²) in [6, 6.07) is 13.7. The second kappa shape index (κ2) is 5.90. The second-order valence-electron chi connectivity index (χ2n) is 5.22. The fraction of sp³-hybridized carbons (Fsp3) is 0.235. The zero-order chi connectivity index (χ0) is 14.8. The molecule has 0 fully saturated rings. The van der Waals surface area contributed by atoms with Crippen LogP contribution >= 0.6 is 15.9 Å². The van der Waals surface area contributed by atoms with Gasteiger partial charge < -0.3 is 10.2 Å². The van der Waals surface area contributed by atoms with E-state index in [0.29, 0.717) is 5.56 Å². The van der Waals surface area contributed by atoms with Crippen LogP contribution in [-0.4, -0.2) is 19.0 Å². The van der Waals surface area contributed by atoms with Gasteiger partial charge in [-0.05, 0) is 43.2 Å². The summed E-state index contributed by atoms with van der Waals surface area (Å²) in [6.07, 6.45) is 0.938. The summed E-state index contributed by atoms with van der Waals surface area (Å²) in [4.78, 5) is 14.7. The van der Waals surface area contributed by atoms with E-state index in [2.05, 4.69) is 21.2 Å². The van der Waals surface area contributed by atoms with E-state index in [-0.39, 0.29) is 5.91 Å². The van der Waals surface area contributed by atoms with Crippen LogP contribution in [-0.2, 0) is 0 Å². The third kappa shape index (κ3) is 2.81. The molecule has 0 saturated heterocycles. The van der Waals surface area contributed by atoms with Gasteiger partial charge >= 0.3 is 0 Å². The number of carbonyl (C=O) groups is 1. The molecule has 0 unspecified atom stereocenters. The molecule has 1 aliphatic rings. The normalized spacial score (nSPS) is 14.1. The summed E-state index contributed by atoms with van der Waals surface area (Å²) >= 11 is 3.50. The molecule has 0 saturated carbocycles. The smallest absolute Gasteiger partial charge is 0.258 e. The molecule has 0 aliphatic carbocycles. The van der Waals surface area contributed by atoms with Gasteiger partial charge in [-0.15, -0.1) is 0 Å². The number of halogens is 1. The largest absolute Gasteiger partial charge is 0.383 e. The minimum absolute atomic E-state index is 0.0480. The van der Waals surface area contributed by atoms with Crippen LogP contribution in [0.25, 0.3) is 0 Å². The van der Waals surface area contributed by atoms with Crippen LogP contribution in [0.3, 0.4) is 0 Å². The van der Waals surface area contributed by atoms with Crippen molar-refractivity contribution in [3.63, 3.8) is 0 Å². The Morgan fingerprint density at radius 3 is 2.86 bits per heavy atom. The SMILES string of the molecule is Cc1ccc(C(=O)N2CCCNc3ccccc32)cc1Br. The molecule has 0 atom stereocenters. The van der Waals surface area contributed by atoms with Gasteiger partial charge in [0, 0.05) is 23.1 Å². The van der Waals surface area contributed by atoms with Gasteiger partial charge in [-0.1, -0.05) is 34.1 Å². The van der Waals surface area contributed by atoms with Crippen LogP contribution in [0.4, 0.5) is 11.4 Å². The number of hydrogen-bond donors (Lipinski definition) is 1. The summed E-state index contributed by atoms with van der Waals surface area (Å²) in [5.41, 5.74) is 3.82. The maximum absolute atomic E-state index is 12.9. The first kappa shape index (κ1) is 14.1. The summed E-state index contributed by atoms with van der Waals surface area (Å²) in [5, 5.41) is 3.38. The number of fused-ring (bicyclic) bond motifs is 1. The van der Waals surface area contributed by atoms with Crippen molar-refractivity contribution in [2.75, 3.05) is 23.3 Å². The van der Waals surface area contributed by atoms with Crippen LogP contribution in [0.2, 0.25) is 0 Å². The van der Waals surface area contributed by atoms with Crippen molar-refractivity contribution in [2.24, 2.45) is 0 Å². The summed E-state index contributed by atoms with van der Waals surface area (Å²) in [5.74, 6) is 0.0480. The van der Waals surface area contributed by atoms with E-state index in [1.165, 1.54) is 0 Å². The first-order chi connectivity index (χ1) is 10.2. The summed E-state index contributed by atoms with van der Waals surface area (Å²) < 4.78 is 0.967. The van der Waals surface area contributed by atoms with Gasteiger partial charge in [0.2, 0.25) is 0 Å². The van der Waals surface area contributed by atoms with Gasteiger partial charge in [0.1, 0.15) is 0 Å². The van der Waals surface area contributed by atoms with Crippen molar-refractivity contribution >= 4 is 33.2 Å². The lowest BCUT2D eigenvalue weighted by atomic mass is 10.1. The average Bonchev–Trinajstić information content (AvgIpc) is 2.71. The highest BCUT2D eigenvalue weighted by Crippen LogP contribution is 2.29. The molecule has 1 heterocycles. The van der Waals surface area contributed by atoms with E-state index in [1.54, 1.807) is 0 Å². The molecule has 1 amide bonds. The molecule has 1 aliphatic heterocycles. The number of hydrogen-bond acceptors (Lipinski definition) is 2. The first-order valence-electron chi connectivity index (χ1n) is 7.08. The molecule has 4 heteroatoms. The monoisotopic (exact) mass is 344 g/mol. The Kier molecular flexibility index (Phi) is 3.97. The Balaban J connectivity index is 1.99. The van der Waals surface area contributed by atoms with Crippen LogP contribution in [0.15, 0.2) is 46.9 Å². The Labute approximate surface area is 133 Å². The standard InChI is InChI=1S/C17H17BrN2O/c1-12-7-8-13(11-14(12)18)17(21)20-10-4-9-19-15-5-2-3-6-16(15)20/h2-3,5-8,11,19H,4,9-10H2,1H3. The van der Waals surface area contributed by atoms with E-state index in [1.807, 2.05) is 54.3 Å². The Hall–Kier alpha value is -1.81. The fourth-order valence-electron chi connectivity index (χ4n) is 2.53. The molecule has 1 N–H and O–H groups in total. The van der Waals surface area contributed by atoms with E-state index < -0.39 is 0 Å². The van der Waals surface area contributed by atoms with Crippen molar-refractivity contribution < 1.29 is 4.79 Å². The third-order valence-corrected chi connectivity index (χ3v) is 4.59. The molecule has 0 aromatic heterocycles. The first-order valence-corrected chi connectivity index (χ1v) is 7.87. The molecule has 3 rings (SSSR count). The second-order valence-corrected chi connectivity index (χ2v) is 6.07. The Morgan fingerprint density at radius 2 is 2.05 bits per heavy atom. The molecule has 3 nitrogen and oxygen atoms in total. The van der Waals surface area contributed by atoms with Crippen LogP contribution in [0.5, 0.6) is 0 Å². The third-order valence-electron chi connectivity index (χ3n) is 3.73. The Bertz CT molecular complexity index is 684.